The summed E-state index contributed by atoms with van der Waals surface area (Å²) in [4.78, 5) is 22.2. The van der Waals surface area contributed by atoms with E-state index in [2.05, 4.69) is 5.16 Å². The average molecular weight is 416 g/mol. The maximum absolute atomic E-state index is 13.2. The Morgan fingerprint density at radius 1 is 1.13 bits per heavy atom. The van der Waals surface area contributed by atoms with Gasteiger partial charge in [-0.25, -0.2) is 9.18 Å². The summed E-state index contributed by atoms with van der Waals surface area (Å²) in [7, 11) is 4.10. The molecule has 7 nitrogen and oxygen atoms in total. The van der Waals surface area contributed by atoms with Crippen LogP contribution in [0, 0.1) is 12.7 Å². The van der Waals surface area contributed by atoms with Crippen LogP contribution in [0.2, 0.25) is 0 Å². The number of amides is 1. The first-order valence-corrected chi connectivity index (χ1v) is 9.09. The Morgan fingerprint density at radius 2 is 1.83 bits per heavy atom. The van der Waals surface area contributed by atoms with Gasteiger partial charge >= 0.3 is 6.09 Å². The number of nitrogens with zero attached hydrogens (tertiary/aromatic N) is 2. The molecule has 2 aromatic carbocycles. The summed E-state index contributed by atoms with van der Waals surface area (Å²) < 4.78 is 23.7. The quantitative estimate of drug-likeness (QED) is 0.353. The number of hydrogen-bond donors (Lipinski definition) is 0. The first kappa shape index (κ1) is 22.9. The fourth-order valence-corrected chi connectivity index (χ4v) is 2.83. The van der Waals surface area contributed by atoms with Crippen LogP contribution in [0.4, 0.5) is 14.9 Å². The topological polar surface area (TPSA) is 69.6 Å². The molecule has 2 rings (SSSR count). The van der Waals surface area contributed by atoms with Crippen LogP contribution < -0.4 is 5.06 Å². The summed E-state index contributed by atoms with van der Waals surface area (Å²) in [6.07, 6.45) is 0.883. The largest absolute Gasteiger partial charge is 0.496 e. The van der Waals surface area contributed by atoms with Gasteiger partial charge in [0.15, 0.2) is 0 Å². The zero-order valence-corrected chi connectivity index (χ0v) is 17.6. The van der Waals surface area contributed by atoms with Crippen molar-refractivity contribution in [3.63, 3.8) is 0 Å². The van der Waals surface area contributed by atoms with Gasteiger partial charge < -0.3 is 14.3 Å². The highest BCUT2D eigenvalue weighted by Crippen LogP contribution is 2.27. The molecular weight excluding hydrogens is 391 g/mol. The second kappa shape index (κ2) is 11.0. The van der Waals surface area contributed by atoms with Gasteiger partial charge in [-0.3, -0.25) is 4.84 Å². The molecule has 2 aromatic rings. The van der Waals surface area contributed by atoms with Gasteiger partial charge in [0.05, 0.1) is 26.2 Å². The lowest BCUT2D eigenvalue weighted by Crippen LogP contribution is -2.31. The number of carbonyl (C=O) groups is 1. The molecule has 0 atom stereocenters. The number of ether oxygens (including phenoxy) is 2. The van der Waals surface area contributed by atoms with Crippen molar-refractivity contribution in [3.05, 3.63) is 76.8 Å². The Labute approximate surface area is 175 Å². The minimum atomic E-state index is -0.648. The maximum Gasteiger partial charge on any atom is 0.438 e. The van der Waals surface area contributed by atoms with E-state index in [-0.39, 0.29) is 12.4 Å². The van der Waals surface area contributed by atoms with E-state index in [1.807, 2.05) is 25.1 Å². The van der Waals surface area contributed by atoms with E-state index >= 15 is 0 Å². The molecule has 0 N–H and O–H groups in total. The van der Waals surface area contributed by atoms with Gasteiger partial charge in [0.1, 0.15) is 25.2 Å². The summed E-state index contributed by atoms with van der Waals surface area (Å²) in [6.45, 7) is 3.82. The van der Waals surface area contributed by atoms with Crippen molar-refractivity contribution >= 4 is 17.5 Å². The van der Waals surface area contributed by atoms with E-state index in [1.165, 1.54) is 39.7 Å². The van der Waals surface area contributed by atoms with E-state index in [0.29, 0.717) is 22.5 Å². The number of para-hydroxylation sites is 1. The second-order valence-corrected chi connectivity index (χ2v) is 6.27. The number of allylic oxidation sites excluding steroid dienone is 1. The van der Waals surface area contributed by atoms with Crippen molar-refractivity contribution < 1.29 is 28.3 Å². The molecule has 0 aliphatic heterocycles. The monoisotopic (exact) mass is 416 g/mol. The lowest BCUT2D eigenvalue weighted by molar-refractivity contribution is 0.114. The van der Waals surface area contributed by atoms with Gasteiger partial charge in [0, 0.05) is 16.7 Å². The van der Waals surface area contributed by atoms with Crippen LogP contribution in [0.25, 0.3) is 0 Å². The maximum atomic E-state index is 13.2. The summed E-state index contributed by atoms with van der Waals surface area (Å²) in [5.41, 5.74) is 3.95. The van der Waals surface area contributed by atoms with Gasteiger partial charge in [-0.1, -0.05) is 23.4 Å². The van der Waals surface area contributed by atoms with Crippen LogP contribution in [0.5, 0.6) is 0 Å². The van der Waals surface area contributed by atoms with Crippen LogP contribution in [-0.4, -0.2) is 33.1 Å². The lowest BCUT2D eigenvalue weighted by atomic mass is 10.0. The molecule has 0 radical (unpaired) electrons. The van der Waals surface area contributed by atoms with Crippen molar-refractivity contribution in [1.82, 2.24) is 0 Å². The normalized spacial score (nSPS) is 11.8. The minimum absolute atomic E-state index is 0.162. The van der Waals surface area contributed by atoms with E-state index in [9.17, 15) is 9.18 Å². The number of benzene rings is 2. The molecule has 0 fully saturated rings. The molecule has 0 unspecified atom stereocenters. The zero-order chi connectivity index (χ0) is 22.1. The number of methoxy groups -OCH3 is 1. The van der Waals surface area contributed by atoms with Crippen LogP contribution >= 0.6 is 0 Å². The Morgan fingerprint density at radius 3 is 2.43 bits per heavy atom. The molecule has 30 heavy (non-hydrogen) atoms. The van der Waals surface area contributed by atoms with Crippen molar-refractivity contribution in [2.24, 2.45) is 5.16 Å². The van der Waals surface area contributed by atoms with E-state index in [0.717, 1.165) is 16.2 Å². The fourth-order valence-electron chi connectivity index (χ4n) is 2.83. The molecule has 0 heterocycles. The third-order valence-corrected chi connectivity index (χ3v) is 4.22. The first-order chi connectivity index (χ1) is 14.4. The number of anilines is 1. The van der Waals surface area contributed by atoms with E-state index < -0.39 is 6.09 Å². The molecular formula is C22H25FN2O5. The number of aryl methyl sites for hydroxylation is 1. The number of hydrogen-bond acceptors (Lipinski definition) is 6. The Hall–Kier alpha value is -3.39. The fraction of sp³-hybridized carbons (Fsp3) is 0.273. The number of oxime groups is 1. The number of carbonyl (C=O) groups excluding carboxylic acids is 1. The third kappa shape index (κ3) is 5.57. The second-order valence-electron chi connectivity index (χ2n) is 6.27. The van der Waals surface area contributed by atoms with Crippen LogP contribution in [0.15, 0.2) is 59.5 Å². The van der Waals surface area contributed by atoms with Crippen molar-refractivity contribution in [1.29, 1.82) is 0 Å². The molecule has 0 aliphatic rings. The van der Waals surface area contributed by atoms with Crippen molar-refractivity contribution in [2.45, 2.75) is 20.5 Å². The Kier molecular flexibility index (Phi) is 8.37. The van der Waals surface area contributed by atoms with E-state index in [1.54, 1.807) is 19.1 Å². The highest BCUT2D eigenvalue weighted by molar-refractivity contribution is 6.11. The smallest absolute Gasteiger partial charge is 0.438 e. The lowest BCUT2D eigenvalue weighted by Gasteiger charge is -2.22. The number of halogens is 1. The molecule has 0 aromatic heterocycles. The number of rotatable bonds is 8. The van der Waals surface area contributed by atoms with Crippen LogP contribution in [0.1, 0.15) is 23.6 Å². The Balaban J connectivity index is 2.25. The van der Waals surface area contributed by atoms with Crippen molar-refractivity contribution in [3.8, 4) is 0 Å². The number of hydroxylamine groups is 1. The summed E-state index contributed by atoms with van der Waals surface area (Å²) in [5, 5.41) is 5.08. The molecule has 0 spiro atoms. The predicted molar refractivity (Wildman–Crippen MR) is 112 cm³/mol. The highest BCUT2D eigenvalue weighted by Gasteiger charge is 2.21. The van der Waals surface area contributed by atoms with E-state index in [4.69, 9.17) is 19.1 Å². The van der Waals surface area contributed by atoms with Gasteiger partial charge in [-0.2, -0.15) is 5.06 Å². The molecule has 0 bridgehead atoms. The van der Waals surface area contributed by atoms with Gasteiger partial charge in [0.25, 0.3) is 0 Å². The predicted octanol–water partition coefficient (Wildman–Crippen LogP) is 4.74. The summed E-state index contributed by atoms with van der Waals surface area (Å²) >= 11 is 0. The highest BCUT2D eigenvalue weighted by atomic mass is 19.1. The van der Waals surface area contributed by atoms with Gasteiger partial charge in [0.2, 0.25) is 0 Å². The van der Waals surface area contributed by atoms with Gasteiger partial charge in [-0.05, 0) is 43.7 Å². The Bertz CT molecular complexity index is 926. The third-order valence-electron chi connectivity index (χ3n) is 4.22. The average Bonchev–Trinajstić information content (AvgIpc) is 2.74. The van der Waals surface area contributed by atoms with Crippen LogP contribution in [0.3, 0.4) is 0 Å². The summed E-state index contributed by atoms with van der Waals surface area (Å²) in [5.74, 6) is -0.339. The molecule has 0 saturated carbocycles. The molecule has 160 valence electrons. The van der Waals surface area contributed by atoms with Crippen molar-refractivity contribution in [2.75, 3.05) is 26.4 Å². The molecule has 0 saturated heterocycles. The minimum Gasteiger partial charge on any atom is -0.496 e. The standard InChI is InChI=1S/C22H25FN2O5/c1-15-7-6-8-18(21(15)25(29-5)22(26)27-3)14-30-13-16(2)20(24-28-4)17-9-11-19(23)12-10-17/h6-13H,14H2,1-5H3/b16-13+,24-20-. The zero-order valence-electron chi connectivity index (χ0n) is 17.6. The van der Waals surface area contributed by atoms with Gasteiger partial charge in [-0.15, -0.1) is 0 Å². The SMILES string of the molecule is CO/N=C(/C(C)=C/OCc1cccc(C)c1N(OC)C(=O)OC)c1ccc(F)cc1. The van der Waals surface area contributed by atoms with Crippen LogP contribution in [-0.2, 0) is 25.8 Å². The molecule has 8 heteroatoms. The summed E-state index contributed by atoms with van der Waals surface area (Å²) in [6, 6.07) is 11.4. The molecule has 1 amide bonds. The molecule has 0 aliphatic carbocycles. The first-order valence-electron chi connectivity index (χ1n) is 9.09.